The first kappa shape index (κ1) is 13.7. The van der Waals surface area contributed by atoms with Crippen molar-refractivity contribution in [2.45, 2.75) is 0 Å². The van der Waals surface area contributed by atoms with E-state index in [2.05, 4.69) is 10.3 Å². The van der Waals surface area contributed by atoms with Gasteiger partial charge in [-0.05, 0) is 29.8 Å². The Morgan fingerprint density at radius 1 is 1.48 bits per heavy atom. The van der Waals surface area contributed by atoms with E-state index in [4.69, 9.17) is 26.5 Å². The molecule has 0 aliphatic rings. The lowest BCUT2D eigenvalue weighted by Crippen LogP contribution is -2.10. The minimum absolute atomic E-state index is 0.116. The molecular weight excluding hydrogens is 314 g/mol. The highest BCUT2D eigenvalue weighted by Crippen LogP contribution is 2.34. The maximum atomic E-state index is 12.0. The third-order valence-corrected chi connectivity index (χ3v) is 3.84. The van der Waals surface area contributed by atoms with Crippen molar-refractivity contribution >= 4 is 49.9 Å². The molecule has 2 heterocycles. The summed E-state index contributed by atoms with van der Waals surface area (Å²) in [6.07, 6.45) is 0. The van der Waals surface area contributed by atoms with E-state index in [9.17, 15) is 4.79 Å². The molecule has 0 unspecified atom stereocenters. The summed E-state index contributed by atoms with van der Waals surface area (Å²) in [4.78, 5) is 16.3. The first-order valence-electron chi connectivity index (χ1n) is 5.87. The second kappa shape index (κ2) is 5.27. The number of nitrogens with two attached hydrogens (primary N) is 1. The van der Waals surface area contributed by atoms with Crippen LogP contribution in [0.25, 0.3) is 10.2 Å². The number of nitrogen functional groups attached to an aromatic ring is 1. The molecule has 3 aromatic rings. The Bertz CT molecular complexity index is 827. The van der Waals surface area contributed by atoms with Crippen molar-refractivity contribution in [3.63, 3.8) is 0 Å². The lowest BCUT2D eigenvalue weighted by molar-refractivity contribution is 0.0997. The Morgan fingerprint density at radius 3 is 2.95 bits per heavy atom. The van der Waals surface area contributed by atoms with Crippen LogP contribution in [0.5, 0.6) is 5.75 Å². The highest BCUT2D eigenvalue weighted by molar-refractivity contribution is 7.22. The van der Waals surface area contributed by atoms with Crippen LogP contribution in [0.1, 0.15) is 10.6 Å². The maximum Gasteiger partial charge on any atom is 0.293 e. The zero-order valence-electron chi connectivity index (χ0n) is 10.8. The van der Waals surface area contributed by atoms with Gasteiger partial charge in [0.15, 0.2) is 16.1 Å². The largest absolute Gasteiger partial charge is 0.494 e. The van der Waals surface area contributed by atoms with Gasteiger partial charge in [0.2, 0.25) is 0 Å². The molecule has 0 saturated heterocycles. The average molecular weight is 324 g/mol. The summed E-state index contributed by atoms with van der Waals surface area (Å²) in [5.41, 5.74) is 7.00. The van der Waals surface area contributed by atoms with Crippen molar-refractivity contribution in [3.8, 4) is 5.75 Å². The van der Waals surface area contributed by atoms with Gasteiger partial charge in [-0.25, -0.2) is 4.98 Å². The van der Waals surface area contributed by atoms with Crippen molar-refractivity contribution in [1.82, 2.24) is 4.98 Å². The zero-order chi connectivity index (χ0) is 15.0. The van der Waals surface area contributed by atoms with Gasteiger partial charge in [-0.1, -0.05) is 11.3 Å². The molecule has 0 fully saturated rings. The number of hydrogen-bond donors (Lipinski definition) is 2. The molecule has 2 aromatic heterocycles. The summed E-state index contributed by atoms with van der Waals surface area (Å²) < 4.78 is 11.1. The summed E-state index contributed by atoms with van der Waals surface area (Å²) in [6.45, 7) is 0. The fraction of sp³-hybridized carbons (Fsp3) is 0.0769. The predicted molar refractivity (Wildman–Crippen MR) is 82.3 cm³/mol. The van der Waals surface area contributed by atoms with Crippen LogP contribution in [0.3, 0.4) is 0 Å². The van der Waals surface area contributed by atoms with Gasteiger partial charge in [-0.15, -0.1) is 0 Å². The van der Waals surface area contributed by atoms with Crippen molar-refractivity contribution in [3.05, 3.63) is 35.2 Å². The molecule has 108 valence electrons. The van der Waals surface area contributed by atoms with E-state index in [-0.39, 0.29) is 11.0 Å². The number of thiazole rings is 1. The molecule has 0 aliphatic carbocycles. The van der Waals surface area contributed by atoms with Crippen LogP contribution in [0.2, 0.25) is 5.22 Å². The number of hydrogen-bond acceptors (Lipinski definition) is 6. The molecule has 8 heteroatoms. The Hall–Kier alpha value is -2.25. The summed E-state index contributed by atoms with van der Waals surface area (Å²) in [5.74, 6) is 0.251. The van der Waals surface area contributed by atoms with Crippen LogP contribution in [0, 0.1) is 0 Å². The topological polar surface area (TPSA) is 90.4 Å². The SMILES string of the molecule is COc1cc(N)cc2sc(NC(=O)c3ccc(Cl)o3)nc12. The number of aromatic nitrogens is 1. The standard InChI is InChI=1S/C13H10ClN3O3S/c1-19-8-4-6(15)5-9-11(8)16-13(21-9)17-12(18)7-2-3-10(14)20-7/h2-5H,15H2,1H3,(H,16,17,18). The first-order chi connectivity index (χ1) is 10.1. The lowest BCUT2D eigenvalue weighted by Gasteiger charge is -2.01. The van der Waals surface area contributed by atoms with Crippen molar-refractivity contribution < 1.29 is 13.9 Å². The van der Waals surface area contributed by atoms with Gasteiger partial charge in [0.05, 0.1) is 11.8 Å². The highest BCUT2D eigenvalue weighted by Gasteiger charge is 2.15. The number of halogens is 1. The number of fused-ring (bicyclic) bond motifs is 1. The number of rotatable bonds is 3. The number of benzene rings is 1. The Labute approximate surface area is 128 Å². The van der Waals surface area contributed by atoms with E-state index in [0.717, 1.165) is 4.70 Å². The Balaban J connectivity index is 1.93. The molecule has 6 nitrogen and oxygen atoms in total. The smallest absolute Gasteiger partial charge is 0.293 e. The highest BCUT2D eigenvalue weighted by atomic mass is 35.5. The number of methoxy groups -OCH3 is 1. The first-order valence-corrected chi connectivity index (χ1v) is 7.07. The summed E-state index contributed by atoms with van der Waals surface area (Å²) in [6, 6.07) is 6.44. The van der Waals surface area contributed by atoms with Gasteiger partial charge in [-0.3, -0.25) is 10.1 Å². The van der Waals surface area contributed by atoms with Crippen molar-refractivity contribution in [2.24, 2.45) is 0 Å². The Morgan fingerprint density at radius 2 is 2.29 bits per heavy atom. The van der Waals surface area contributed by atoms with Gasteiger partial charge in [0.25, 0.3) is 5.91 Å². The maximum absolute atomic E-state index is 12.0. The number of nitrogens with zero attached hydrogens (tertiary/aromatic N) is 1. The van der Waals surface area contributed by atoms with Crippen molar-refractivity contribution in [1.29, 1.82) is 0 Å². The van der Waals surface area contributed by atoms with E-state index >= 15 is 0 Å². The molecule has 0 radical (unpaired) electrons. The molecule has 0 bridgehead atoms. The zero-order valence-corrected chi connectivity index (χ0v) is 12.4. The fourth-order valence-corrected chi connectivity index (χ4v) is 2.90. The third-order valence-electron chi connectivity index (χ3n) is 2.72. The molecule has 0 aliphatic heterocycles. The number of ether oxygens (including phenoxy) is 1. The summed E-state index contributed by atoms with van der Waals surface area (Å²) >= 11 is 6.93. The Kier molecular flexibility index (Phi) is 3.44. The molecule has 21 heavy (non-hydrogen) atoms. The molecule has 1 aromatic carbocycles. The number of furan rings is 1. The summed E-state index contributed by atoms with van der Waals surface area (Å²) in [7, 11) is 1.54. The molecule has 3 rings (SSSR count). The van der Waals surface area contributed by atoms with Crippen LogP contribution in [0.4, 0.5) is 10.8 Å². The quantitative estimate of drug-likeness (QED) is 0.721. The molecule has 0 spiro atoms. The average Bonchev–Trinajstić information content (AvgIpc) is 3.03. The van der Waals surface area contributed by atoms with Gasteiger partial charge < -0.3 is 14.9 Å². The van der Waals surface area contributed by atoms with Gasteiger partial charge in [-0.2, -0.15) is 0 Å². The summed E-state index contributed by atoms with van der Waals surface area (Å²) in [5, 5.41) is 3.23. The minimum atomic E-state index is -0.423. The van der Waals surface area contributed by atoms with Crippen molar-refractivity contribution in [2.75, 3.05) is 18.2 Å². The van der Waals surface area contributed by atoms with Crippen LogP contribution in [-0.4, -0.2) is 18.0 Å². The molecule has 0 saturated carbocycles. The molecular formula is C13H10ClN3O3S. The van der Waals surface area contributed by atoms with Crippen LogP contribution in [0.15, 0.2) is 28.7 Å². The number of carbonyl (C=O) groups excluding carboxylic acids is 1. The lowest BCUT2D eigenvalue weighted by atomic mass is 10.3. The van der Waals surface area contributed by atoms with Crippen LogP contribution < -0.4 is 15.8 Å². The van der Waals surface area contributed by atoms with E-state index < -0.39 is 5.91 Å². The normalized spacial score (nSPS) is 10.8. The molecule has 3 N–H and O–H groups in total. The number of nitrogens with one attached hydrogen (secondary N) is 1. The monoisotopic (exact) mass is 323 g/mol. The minimum Gasteiger partial charge on any atom is -0.494 e. The van der Waals surface area contributed by atoms with Gasteiger partial charge in [0.1, 0.15) is 11.3 Å². The van der Waals surface area contributed by atoms with Gasteiger partial charge in [0, 0.05) is 11.8 Å². The fourth-order valence-electron chi connectivity index (χ4n) is 1.82. The van der Waals surface area contributed by atoms with E-state index in [1.165, 1.54) is 30.6 Å². The van der Waals surface area contributed by atoms with Gasteiger partial charge >= 0.3 is 0 Å². The second-order valence-electron chi connectivity index (χ2n) is 4.15. The van der Waals surface area contributed by atoms with E-state index in [1.54, 1.807) is 12.1 Å². The van der Waals surface area contributed by atoms with E-state index in [1.807, 2.05) is 0 Å². The predicted octanol–water partition coefficient (Wildman–Crippen LogP) is 3.39. The van der Waals surface area contributed by atoms with Crippen LogP contribution >= 0.6 is 22.9 Å². The van der Waals surface area contributed by atoms with Crippen LogP contribution in [-0.2, 0) is 0 Å². The number of anilines is 2. The number of carbonyl (C=O) groups is 1. The number of amides is 1. The van der Waals surface area contributed by atoms with E-state index in [0.29, 0.717) is 22.1 Å². The third kappa shape index (κ3) is 2.65. The molecule has 0 atom stereocenters. The molecule has 1 amide bonds. The second-order valence-corrected chi connectivity index (χ2v) is 5.55.